The Bertz CT molecular complexity index is 1230. The summed E-state index contributed by atoms with van der Waals surface area (Å²) in [5, 5.41) is 17.0. The molecule has 3 heterocycles. The van der Waals surface area contributed by atoms with Gasteiger partial charge in [-0.15, -0.1) is 0 Å². The monoisotopic (exact) mass is 450 g/mol. The smallest absolute Gasteiger partial charge is 0.271 e. The van der Waals surface area contributed by atoms with Gasteiger partial charge in [-0.2, -0.15) is 5.10 Å². The zero-order valence-electron chi connectivity index (χ0n) is 16.4. The Kier molecular flexibility index (Phi) is 4.63. The maximum Gasteiger partial charge on any atom is 0.271 e. The van der Waals surface area contributed by atoms with Gasteiger partial charge in [0.15, 0.2) is 5.78 Å². The number of nitro groups is 1. The fraction of sp³-hybridized carbons (Fsp3) is 0.182. The van der Waals surface area contributed by atoms with Crippen LogP contribution in [-0.4, -0.2) is 45.8 Å². The molecule has 2 aromatic carbocycles. The highest BCUT2D eigenvalue weighted by atomic mass is 35.5. The molecule has 0 saturated carbocycles. The molecule has 0 radical (unpaired) electrons. The van der Waals surface area contributed by atoms with Crippen molar-refractivity contribution in [1.29, 1.82) is 0 Å². The molecular formula is C22H15ClN4O5. The summed E-state index contributed by atoms with van der Waals surface area (Å²) < 4.78 is 0. The van der Waals surface area contributed by atoms with Gasteiger partial charge in [-0.3, -0.25) is 29.5 Å². The number of fused-ring (bicyclic) bond motifs is 3. The summed E-state index contributed by atoms with van der Waals surface area (Å²) in [5.74, 6) is -3.40. The normalized spacial score (nSPS) is 25.8. The van der Waals surface area contributed by atoms with Gasteiger partial charge in [-0.05, 0) is 12.1 Å². The van der Waals surface area contributed by atoms with Crippen LogP contribution in [0.3, 0.4) is 0 Å². The van der Waals surface area contributed by atoms with Crippen LogP contribution in [0.1, 0.15) is 10.4 Å². The number of ketones is 1. The van der Waals surface area contributed by atoms with E-state index in [1.54, 1.807) is 42.5 Å². The highest BCUT2D eigenvalue weighted by molar-refractivity contribution is 6.36. The molecule has 3 aliphatic heterocycles. The number of Topliss-reactive ketones (excluding diaryl/α,β-unsaturated/α-hetero) is 1. The number of benzene rings is 2. The second-order valence-electron chi connectivity index (χ2n) is 7.65. The predicted molar refractivity (Wildman–Crippen MR) is 115 cm³/mol. The lowest BCUT2D eigenvalue weighted by molar-refractivity contribution is -0.384. The molecule has 160 valence electrons. The number of nitro benzene ring substituents is 1. The summed E-state index contributed by atoms with van der Waals surface area (Å²) >= 11 is 6.22. The van der Waals surface area contributed by atoms with Crippen molar-refractivity contribution in [3.05, 3.63) is 81.4 Å². The molecule has 0 unspecified atom stereocenters. The number of imide groups is 1. The molecule has 0 aromatic heterocycles. The molecule has 0 aliphatic carbocycles. The Morgan fingerprint density at radius 3 is 2.50 bits per heavy atom. The molecule has 10 heteroatoms. The average Bonchev–Trinajstić information content (AvgIpc) is 3.27. The minimum atomic E-state index is -1.00. The number of hydrogen-bond acceptors (Lipinski definition) is 7. The molecule has 5 rings (SSSR count). The number of allylic oxidation sites excluding steroid dienone is 1. The highest BCUT2D eigenvalue weighted by Crippen LogP contribution is 2.47. The van der Waals surface area contributed by atoms with E-state index in [1.807, 2.05) is 0 Å². The molecule has 0 bridgehead atoms. The van der Waals surface area contributed by atoms with Gasteiger partial charge < -0.3 is 0 Å². The van der Waals surface area contributed by atoms with E-state index < -0.39 is 40.7 Å². The SMILES string of the molecule is O=C(c1ccccc1)[C@@H]1[C@@H]2C(=O)N(c3cc([N+](=O)[O-])ccc3Cl)C(=O)[C@@H]2[C@H]2C=CC=NN21. The van der Waals surface area contributed by atoms with Crippen LogP contribution >= 0.6 is 11.6 Å². The number of halogens is 1. The maximum atomic E-state index is 13.5. The Morgan fingerprint density at radius 2 is 1.78 bits per heavy atom. The van der Waals surface area contributed by atoms with Crippen LogP contribution in [0.25, 0.3) is 0 Å². The number of anilines is 1. The molecule has 0 spiro atoms. The van der Waals surface area contributed by atoms with Crippen LogP contribution in [0.15, 0.2) is 65.8 Å². The number of amides is 2. The molecule has 2 aromatic rings. The van der Waals surface area contributed by atoms with Gasteiger partial charge in [0.2, 0.25) is 11.8 Å². The van der Waals surface area contributed by atoms with E-state index in [2.05, 4.69) is 5.10 Å². The number of carbonyl (C=O) groups excluding carboxylic acids is 3. The van der Waals surface area contributed by atoms with Crippen LogP contribution in [0, 0.1) is 22.0 Å². The van der Waals surface area contributed by atoms with E-state index in [4.69, 9.17) is 11.6 Å². The summed E-state index contributed by atoms with van der Waals surface area (Å²) in [6, 6.07) is 10.5. The first kappa shape index (κ1) is 20.1. The standard InChI is InChI=1S/C22H15ClN4O5/c23-14-9-8-13(27(31)32)11-16(14)25-21(29)17-15-7-4-10-24-26(15)19(18(17)22(25)30)20(28)12-5-2-1-3-6-12/h1-11,15,17-19H/t15-,17-,18-,19+/m1/s1. The first-order valence-corrected chi connectivity index (χ1v) is 10.2. The molecule has 2 amide bonds. The van der Waals surface area contributed by atoms with E-state index in [-0.39, 0.29) is 22.2 Å². The summed E-state index contributed by atoms with van der Waals surface area (Å²) in [5.41, 5.74) is 0.0301. The van der Waals surface area contributed by atoms with Gasteiger partial charge in [0.25, 0.3) is 5.69 Å². The number of rotatable bonds is 4. The number of carbonyl (C=O) groups is 3. The van der Waals surface area contributed by atoms with Gasteiger partial charge in [0, 0.05) is 23.9 Å². The third-order valence-corrected chi connectivity index (χ3v) is 6.32. The highest BCUT2D eigenvalue weighted by Gasteiger charge is 2.64. The van der Waals surface area contributed by atoms with E-state index in [9.17, 15) is 24.5 Å². The second kappa shape index (κ2) is 7.38. The largest absolute Gasteiger partial charge is 0.292 e. The first-order valence-electron chi connectivity index (χ1n) is 9.80. The number of non-ortho nitro benzene ring substituents is 1. The Morgan fingerprint density at radius 1 is 1.06 bits per heavy atom. The minimum absolute atomic E-state index is 0.0253. The van der Waals surface area contributed by atoms with E-state index >= 15 is 0 Å². The van der Waals surface area contributed by atoms with Gasteiger partial charge in [0.1, 0.15) is 6.04 Å². The lowest BCUT2D eigenvalue weighted by Crippen LogP contribution is -2.46. The van der Waals surface area contributed by atoms with Crippen molar-refractivity contribution >= 4 is 46.8 Å². The second-order valence-corrected chi connectivity index (χ2v) is 8.06. The molecule has 9 nitrogen and oxygen atoms in total. The Labute approximate surface area is 186 Å². The fourth-order valence-electron chi connectivity index (χ4n) is 4.63. The molecular weight excluding hydrogens is 436 g/mol. The van der Waals surface area contributed by atoms with Crippen LogP contribution < -0.4 is 4.90 Å². The van der Waals surface area contributed by atoms with Crippen molar-refractivity contribution in [1.82, 2.24) is 5.01 Å². The van der Waals surface area contributed by atoms with Crippen LogP contribution in [0.4, 0.5) is 11.4 Å². The third-order valence-electron chi connectivity index (χ3n) is 6.00. The lowest BCUT2D eigenvalue weighted by atomic mass is 9.86. The Hall–Kier alpha value is -3.85. The van der Waals surface area contributed by atoms with Crippen molar-refractivity contribution in [3.63, 3.8) is 0 Å². The van der Waals surface area contributed by atoms with Gasteiger partial charge >= 0.3 is 0 Å². The molecule has 2 fully saturated rings. The molecule has 32 heavy (non-hydrogen) atoms. The summed E-state index contributed by atoms with van der Waals surface area (Å²) in [4.78, 5) is 51.9. The van der Waals surface area contributed by atoms with Crippen molar-refractivity contribution in [2.24, 2.45) is 16.9 Å². The molecule has 0 N–H and O–H groups in total. The molecule has 2 saturated heterocycles. The summed E-state index contributed by atoms with van der Waals surface area (Å²) in [7, 11) is 0. The average molecular weight is 451 g/mol. The Balaban J connectivity index is 1.60. The van der Waals surface area contributed by atoms with E-state index in [0.29, 0.717) is 5.56 Å². The van der Waals surface area contributed by atoms with E-state index in [0.717, 1.165) is 11.0 Å². The quantitative estimate of drug-likeness (QED) is 0.306. The van der Waals surface area contributed by atoms with Crippen molar-refractivity contribution in [2.75, 3.05) is 4.90 Å². The predicted octanol–water partition coefficient (Wildman–Crippen LogP) is 2.85. The first-order chi connectivity index (χ1) is 15.4. The fourth-order valence-corrected chi connectivity index (χ4v) is 4.84. The summed E-state index contributed by atoms with van der Waals surface area (Å²) in [6.07, 6.45) is 4.90. The molecule has 4 atom stereocenters. The van der Waals surface area contributed by atoms with Crippen molar-refractivity contribution in [3.8, 4) is 0 Å². The zero-order valence-corrected chi connectivity index (χ0v) is 17.1. The summed E-state index contributed by atoms with van der Waals surface area (Å²) in [6.45, 7) is 0. The molecule has 3 aliphatic rings. The van der Waals surface area contributed by atoms with Crippen molar-refractivity contribution in [2.45, 2.75) is 12.1 Å². The van der Waals surface area contributed by atoms with Gasteiger partial charge in [-0.1, -0.05) is 48.0 Å². The lowest BCUT2D eigenvalue weighted by Gasteiger charge is -2.30. The van der Waals surface area contributed by atoms with Crippen LogP contribution in [0.5, 0.6) is 0 Å². The topological polar surface area (TPSA) is 113 Å². The number of nitrogens with zero attached hydrogens (tertiary/aromatic N) is 4. The van der Waals surface area contributed by atoms with Crippen LogP contribution in [-0.2, 0) is 9.59 Å². The maximum absolute atomic E-state index is 13.5. The van der Waals surface area contributed by atoms with Crippen LogP contribution in [0.2, 0.25) is 5.02 Å². The number of hydrazone groups is 1. The van der Waals surface area contributed by atoms with Gasteiger partial charge in [0.05, 0.1) is 33.5 Å². The zero-order chi connectivity index (χ0) is 22.6. The van der Waals surface area contributed by atoms with Gasteiger partial charge in [-0.25, -0.2) is 4.90 Å². The third kappa shape index (κ3) is 2.85. The number of hydrogen-bond donors (Lipinski definition) is 0. The van der Waals surface area contributed by atoms with E-state index in [1.165, 1.54) is 23.4 Å². The van der Waals surface area contributed by atoms with Crippen molar-refractivity contribution < 1.29 is 19.3 Å². The minimum Gasteiger partial charge on any atom is -0.292 e.